The van der Waals surface area contributed by atoms with Gasteiger partial charge < -0.3 is 15.2 Å². The number of carbonyl (C=O) groups excluding carboxylic acids is 2. The van der Waals surface area contributed by atoms with Gasteiger partial charge in [0, 0.05) is 12.5 Å². The lowest BCUT2D eigenvalue weighted by Crippen LogP contribution is -2.38. The van der Waals surface area contributed by atoms with Crippen LogP contribution in [0.4, 0.5) is 5.69 Å². The van der Waals surface area contributed by atoms with E-state index >= 15 is 0 Å². The largest absolute Gasteiger partial charge is 0.349 e. The Morgan fingerprint density at radius 2 is 2.03 bits per heavy atom. The van der Waals surface area contributed by atoms with Gasteiger partial charge in [0.1, 0.15) is 0 Å². The van der Waals surface area contributed by atoms with E-state index in [0.29, 0.717) is 36.1 Å². The summed E-state index contributed by atoms with van der Waals surface area (Å²) in [6.45, 7) is 6.06. The van der Waals surface area contributed by atoms with Gasteiger partial charge in [-0.05, 0) is 49.5 Å². The molecule has 3 aromatic rings. The molecule has 0 radical (unpaired) electrons. The molecule has 0 bridgehead atoms. The predicted molar refractivity (Wildman–Crippen MR) is 123 cm³/mol. The van der Waals surface area contributed by atoms with E-state index < -0.39 is 0 Å². The number of anilines is 1. The van der Waals surface area contributed by atoms with Gasteiger partial charge in [-0.1, -0.05) is 29.4 Å². The van der Waals surface area contributed by atoms with E-state index in [2.05, 4.69) is 32.3 Å². The third-order valence-corrected chi connectivity index (χ3v) is 6.23. The smallest absolute Gasteiger partial charge is 0.253 e. The second-order valence-corrected chi connectivity index (χ2v) is 8.52. The van der Waals surface area contributed by atoms with Crippen molar-refractivity contribution in [1.29, 1.82) is 0 Å². The minimum Gasteiger partial charge on any atom is -0.349 e. The summed E-state index contributed by atoms with van der Waals surface area (Å²) < 4.78 is 5.39. The maximum atomic E-state index is 12.8. The minimum absolute atomic E-state index is 0.0635. The van der Waals surface area contributed by atoms with Crippen molar-refractivity contribution in [1.82, 2.24) is 20.4 Å². The molecule has 0 atom stereocenters. The van der Waals surface area contributed by atoms with Gasteiger partial charge in [0.05, 0.1) is 22.7 Å². The van der Waals surface area contributed by atoms with Crippen LogP contribution in [0.3, 0.4) is 0 Å². The molecule has 1 saturated heterocycles. The Morgan fingerprint density at radius 1 is 1.22 bits per heavy atom. The number of nitrogens with zero attached hydrogens (tertiary/aromatic N) is 3. The molecule has 1 aromatic carbocycles. The van der Waals surface area contributed by atoms with Gasteiger partial charge in [-0.2, -0.15) is 4.98 Å². The lowest BCUT2D eigenvalue weighted by molar-refractivity contribution is -0.121. The second kappa shape index (κ2) is 10.3. The highest BCUT2D eigenvalue weighted by atomic mass is 32.1. The van der Waals surface area contributed by atoms with Crippen molar-refractivity contribution in [2.75, 3.05) is 25.0 Å². The number of hydrogen-bond acceptors (Lipinski definition) is 7. The topological polar surface area (TPSA) is 100 Å². The fraction of sp³-hybridized carbons (Fsp3) is 0.304. The van der Waals surface area contributed by atoms with E-state index in [9.17, 15) is 9.59 Å². The lowest BCUT2D eigenvalue weighted by atomic mass is 9.95. The van der Waals surface area contributed by atoms with E-state index in [0.717, 1.165) is 30.8 Å². The molecule has 2 N–H and O–H groups in total. The molecule has 0 saturated carbocycles. The average molecular weight is 452 g/mol. The number of rotatable bonds is 8. The van der Waals surface area contributed by atoms with Crippen molar-refractivity contribution in [3.8, 4) is 10.7 Å². The monoisotopic (exact) mass is 451 g/mol. The van der Waals surface area contributed by atoms with Crippen molar-refractivity contribution in [2.24, 2.45) is 5.92 Å². The molecule has 2 aromatic heterocycles. The number of likely N-dealkylation sites (tertiary alicyclic amines) is 1. The molecular weight excluding hydrogens is 426 g/mol. The van der Waals surface area contributed by atoms with Crippen LogP contribution in [0, 0.1) is 5.92 Å². The van der Waals surface area contributed by atoms with Crippen LogP contribution in [0.2, 0.25) is 0 Å². The average Bonchev–Trinajstić information content (AvgIpc) is 3.50. The highest BCUT2D eigenvalue weighted by Gasteiger charge is 2.27. The Bertz CT molecular complexity index is 1070. The highest BCUT2D eigenvalue weighted by molar-refractivity contribution is 7.13. The third-order valence-electron chi connectivity index (χ3n) is 5.36. The molecule has 166 valence electrons. The Morgan fingerprint density at radius 3 is 2.78 bits per heavy atom. The Hall–Kier alpha value is -3.30. The number of carbonyl (C=O) groups is 2. The maximum absolute atomic E-state index is 12.8. The molecule has 4 rings (SSSR count). The first-order valence-corrected chi connectivity index (χ1v) is 11.4. The summed E-state index contributed by atoms with van der Waals surface area (Å²) >= 11 is 1.57. The Labute approximate surface area is 190 Å². The van der Waals surface area contributed by atoms with Crippen molar-refractivity contribution in [3.63, 3.8) is 0 Å². The van der Waals surface area contributed by atoms with Crippen LogP contribution in [0.5, 0.6) is 0 Å². The summed E-state index contributed by atoms with van der Waals surface area (Å²) in [6, 6.07) is 10.9. The SMILES string of the molecule is C=CCNC(=O)c1ccccc1NC(=O)C1CCN(Cc2nc(-c3cccs3)no2)CC1. The zero-order valence-electron chi connectivity index (χ0n) is 17.6. The normalized spacial score (nSPS) is 14.8. The minimum atomic E-state index is -0.239. The van der Waals surface area contributed by atoms with Crippen LogP contribution in [-0.2, 0) is 11.3 Å². The second-order valence-electron chi connectivity index (χ2n) is 7.57. The van der Waals surface area contributed by atoms with Gasteiger partial charge in [0.25, 0.3) is 5.91 Å². The van der Waals surface area contributed by atoms with E-state index in [-0.39, 0.29) is 17.7 Å². The van der Waals surface area contributed by atoms with E-state index in [1.165, 1.54) is 0 Å². The van der Waals surface area contributed by atoms with Crippen molar-refractivity contribution in [2.45, 2.75) is 19.4 Å². The van der Waals surface area contributed by atoms with E-state index in [1.54, 1.807) is 41.7 Å². The molecule has 0 unspecified atom stereocenters. The lowest BCUT2D eigenvalue weighted by Gasteiger charge is -2.30. The summed E-state index contributed by atoms with van der Waals surface area (Å²) in [7, 11) is 0. The maximum Gasteiger partial charge on any atom is 0.253 e. The van der Waals surface area contributed by atoms with E-state index in [1.807, 2.05) is 17.5 Å². The number of aromatic nitrogens is 2. The van der Waals surface area contributed by atoms with Crippen molar-refractivity contribution < 1.29 is 14.1 Å². The summed E-state index contributed by atoms with van der Waals surface area (Å²) in [5.41, 5.74) is 0.964. The number of thiophene rings is 1. The molecule has 0 spiro atoms. The summed E-state index contributed by atoms with van der Waals surface area (Å²) in [5, 5.41) is 11.7. The van der Waals surface area contributed by atoms with Gasteiger partial charge in [-0.15, -0.1) is 17.9 Å². The quantitative estimate of drug-likeness (QED) is 0.508. The standard InChI is InChI=1S/C23H25N5O3S/c1-2-11-24-23(30)17-6-3-4-7-18(17)25-22(29)16-9-12-28(13-10-16)15-20-26-21(27-31-20)19-8-5-14-32-19/h2-8,14,16H,1,9-13,15H2,(H,24,30)(H,25,29). The molecule has 1 aliphatic rings. The van der Waals surface area contributed by atoms with Crippen LogP contribution in [0.25, 0.3) is 10.7 Å². The van der Waals surface area contributed by atoms with E-state index in [4.69, 9.17) is 4.52 Å². The number of benzene rings is 1. The Kier molecular flexibility index (Phi) is 7.08. The Balaban J connectivity index is 1.30. The summed E-state index contributed by atoms with van der Waals surface area (Å²) in [5.74, 6) is 0.777. The molecule has 0 aliphatic carbocycles. The van der Waals surface area contributed by atoms with Crippen LogP contribution in [0.15, 0.2) is 59.0 Å². The van der Waals surface area contributed by atoms with Crippen LogP contribution in [-0.4, -0.2) is 46.5 Å². The van der Waals surface area contributed by atoms with Gasteiger partial charge >= 0.3 is 0 Å². The van der Waals surface area contributed by atoms with Crippen LogP contribution in [0.1, 0.15) is 29.1 Å². The fourth-order valence-electron chi connectivity index (χ4n) is 3.65. The molecule has 2 amide bonds. The number of piperidine rings is 1. The van der Waals surface area contributed by atoms with Crippen molar-refractivity contribution in [3.05, 3.63) is 65.9 Å². The number of hydrogen-bond donors (Lipinski definition) is 2. The van der Waals surface area contributed by atoms with Crippen LogP contribution < -0.4 is 10.6 Å². The van der Waals surface area contributed by atoms with Crippen molar-refractivity contribution >= 4 is 28.8 Å². The first-order valence-electron chi connectivity index (χ1n) is 10.5. The first-order chi connectivity index (χ1) is 15.6. The number of para-hydroxylation sites is 1. The third kappa shape index (κ3) is 5.30. The number of amides is 2. The highest BCUT2D eigenvalue weighted by Crippen LogP contribution is 2.24. The predicted octanol–water partition coefficient (Wildman–Crippen LogP) is 3.56. The first kappa shape index (κ1) is 21.9. The van der Waals surface area contributed by atoms with Gasteiger partial charge in [0.15, 0.2) is 0 Å². The van der Waals surface area contributed by atoms with Gasteiger partial charge in [-0.25, -0.2) is 0 Å². The van der Waals surface area contributed by atoms with Gasteiger partial charge in [-0.3, -0.25) is 14.5 Å². The number of nitrogens with one attached hydrogen (secondary N) is 2. The molecule has 32 heavy (non-hydrogen) atoms. The fourth-order valence-corrected chi connectivity index (χ4v) is 4.30. The summed E-state index contributed by atoms with van der Waals surface area (Å²) in [4.78, 5) is 32.8. The van der Waals surface area contributed by atoms with Gasteiger partial charge in [0.2, 0.25) is 17.6 Å². The van der Waals surface area contributed by atoms with Crippen LogP contribution >= 0.6 is 11.3 Å². The molecule has 8 nitrogen and oxygen atoms in total. The summed E-state index contributed by atoms with van der Waals surface area (Å²) in [6.07, 6.45) is 3.06. The molecular formula is C23H25N5O3S. The zero-order chi connectivity index (χ0) is 22.3. The molecule has 3 heterocycles. The molecule has 9 heteroatoms. The molecule has 1 fully saturated rings. The molecule has 1 aliphatic heterocycles. The zero-order valence-corrected chi connectivity index (χ0v) is 18.4.